The standard InChI is InChI=1S/C53H33NO2/c55-52-48-15-4-3-13-45(48)47-19-8-17-43(51(47)52)36-24-30-39(31-25-36)54(38-28-22-35(23-29-38)42-16-7-11-34-10-1-2-12-41(34)42)40-32-26-37(27-33-40)44-18-9-20-49-46-14-5-6-21-50(46)56-53(44)49/h1-33H. The molecule has 0 radical (unpaired) electrons. The fourth-order valence-electron chi connectivity index (χ4n) is 8.58. The van der Waals surface area contributed by atoms with Crippen LogP contribution in [0.25, 0.3) is 77.2 Å². The number of furan rings is 1. The van der Waals surface area contributed by atoms with Crippen molar-refractivity contribution in [3.63, 3.8) is 0 Å². The van der Waals surface area contributed by atoms with E-state index in [2.05, 4.69) is 169 Å². The Morgan fingerprint density at radius 2 is 0.804 bits per heavy atom. The average Bonchev–Trinajstić information content (AvgIpc) is 3.79. The van der Waals surface area contributed by atoms with Crippen LogP contribution in [0.5, 0.6) is 0 Å². The first-order valence-corrected chi connectivity index (χ1v) is 19.0. The van der Waals surface area contributed by atoms with Crippen molar-refractivity contribution in [2.24, 2.45) is 0 Å². The molecule has 0 saturated carbocycles. The van der Waals surface area contributed by atoms with Gasteiger partial charge in [0, 0.05) is 44.5 Å². The molecule has 10 aromatic rings. The Bertz CT molecular complexity index is 3130. The number of carbonyl (C=O) groups is 1. The van der Waals surface area contributed by atoms with Gasteiger partial charge in [0.1, 0.15) is 11.2 Å². The Labute approximate surface area is 324 Å². The molecule has 11 rings (SSSR count). The highest BCUT2D eigenvalue weighted by molar-refractivity contribution is 6.24. The molecule has 0 atom stereocenters. The molecule has 0 saturated heterocycles. The summed E-state index contributed by atoms with van der Waals surface area (Å²) in [5, 5.41) is 4.70. The fourth-order valence-corrected chi connectivity index (χ4v) is 8.58. The summed E-state index contributed by atoms with van der Waals surface area (Å²) in [7, 11) is 0. The average molecular weight is 716 g/mol. The van der Waals surface area contributed by atoms with Gasteiger partial charge in [0.15, 0.2) is 5.78 Å². The number of ketones is 1. The van der Waals surface area contributed by atoms with Gasteiger partial charge in [0.2, 0.25) is 0 Å². The van der Waals surface area contributed by atoms with Crippen LogP contribution in [0.15, 0.2) is 205 Å². The summed E-state index contributed by atoms with van der Waals surface area (Å²) in [5.74, 6) is 0.0848. The van der Waals surface area contributed by atoms with Crippen molar-refractivity contribution in [3.05, 3.63) is 211 Å². The van der Waals surface area contributed by atoms with Gasteiger partial charge in [-0.25, -0.2) is 0 Å². The van der Waals surface area contributed by atoms with Crippen LogP contribution in [0, 0.1) is 0 Å². The molecule has 56 heavy (non-hydrogen) atoms. The number of nitrogens with zero attached hydrogens (tertiary/aromatic N) is 1. The lowest BCUT2D eigenvalue weighted by molar-refractivity contribution is 0.104. The minimum atomic E-state index is 0.0848. The summed E-state index contributed by atoms with van der Waals surface area (Å²) in [6.07, 6.45) is 0. The number of para-hydroxylation sites is 2. The summed E-state index contributed by atoms with van der Waals surface area (Å²) in [6.45, 7) is 0. The number of rotatable bonds is 6. The topological polar surface area (TPSA) is 33.5 Å². The second kappa shape index (κ2) is 12.8. The molecule has 0 fully saturated rings. The van der Waals surface area contributed by atoms with Gasteiger partial charge < -0.3 is 9.32 Å². The van der Waals surface area contributed by atoms with Gasteiger partial charge in [0.05, 0.1) is 0 Å². The predicted molar refractivity (Wildman–Crippen MR) is 231 cm³/mol. The normalized spacial score (nSPS) is 12.0. The number of benzene rings is 9. The van der Waals surface area contributed by atoms with Crippen molar-refractivity contribution < 1.29 is 9.21 Å². The highest BCUT2D eigenvalue weighted by Crippen LogP contribution is 2.44. The first-order valence-electron chi connectivity index (χ1n) is 19.0. The van der Waals surface area contributed by atoms with E-state index in [-0.39, 0.29) is 5.78 Å². The molecule has 0 bridgehead atoms. The van der Waals surface area contributed by atoms with Crippen LogP contribution in [0.3, 0.4) is 0 Å². The predicted octanol–water partition coefficient (Wildman–Crippen LogP) is 14.4. The van der Waals surface area contributed by atoms with Crippen molar-refractivity contribution in [2.75, 3.05) is 4.90 Å². The zero-order chi connectivity index (χ0) is 37.2. The SMILES string of the molecule is O=C1c2ccccc2-c2cccc(-c3ccc(N(c4ccc(-c5cccc6ccccc56)cc4)c4ccc(-c5cccc6c5oc5ccccc56)cc4)cc3)c21. The van der Waals surface area contributed by atoms with Gasteiger partial charge in [-0.2, -0.15) is 0 Å². The molecule has 9 aromatic carbocycles. The van der Waals surface area contributed by atoms with E-state index in [4.69, 9.17) is 4.42 Å². The van der Waals surface area contributed by atoms with Crippen molar-refractivity contribution in [1.82, 2.24) is 0 Å². The molecule has 0 aliphatic heterocycles. The van der Waals surface area contributed by atoms with Crippen molar-refractivity contribution in [2.45, 2.75) is 0 Å². The van der Waals surface area contributed by atoms with E-state index in [0.717, 1.165) is 83.5 Å². The number of carbonyl (C=O) groups excluding carboxylic acids is 1. The zero-order valence-corrected chi connectivity index (χ0v) is 30.3. The van der Waals surface area contributed by atoms with Gasteiger partial charge >= 0.3 is 0 Å². The Hall–Kier alpha value is -7.49. The van der Waals surface area contributed by atoms with E-state index in [9.17, 15) is 4.79 Å². The summed E-state index contributed by atoms with van der Waals surface area (Å²) in [4.78, 5) is 16.0. The Morgan fingerprint density at radius 1 is 0.339 bits per heavy atom. The van der Waals surface area contributed by atoms with Crippen LogP contribution in [-0.2, 0) is 0 Å². The zero-order valence-electron chi connectivity index (χ0n) is 30.3. The van der Waals surface area contributed by atoms with Gasteiger partial charge in [-0.1, -0.05) is 158 Å². The molecule has 0 unspecified atom stereocenters. The second-order valence-electron chi connectivity index (χ2n) is 14.4. The van der Waals surface area contributed by atoms with Crippen LogP contribution >= 0.6 is 0 Å². The molecule has 262 valence electrons. The third kappa shape index (κ3) is 5.09. The summed E-state index contributed by atoms with van der Waals surface area (Å²) in [5.41, 5.74) is 14.9. The van der Waals surface area contributed by atoms with E-state index >= 15 is 0 Å². The molecular formula is C53H33NO2. The first kappa shape index (κ1) is 32.0. The Morgan fingerprint density at radius 3 is 1.54 bits per heavy atom. The highest BCUT2D eigenvalue weighted by atomic mass is 16.3. The van der Waals surface area contributed by atoms with Gasteiger partial charge in [-0.3, -0.25) is 4.79 Å². The first-order chi connectivity index (χ1) is 27.7. The number of anilines is 3. The fraction of sp³-hybridized carbons (Fsp3) is 0. The van der Waals surface area contributed by atoms with Crippen molar-refractivity contribution in [3.8, 4) is 44.5 Å². The summed E-state index contributed by atoms with van der Waals surface area (Å²) < 4.78 is 6.40. The number of hydrogen-bond donors (Lipinski definition) is 0. The highest BCUT2D eigenvalue weighted by Gasteiger charge is 2.29. The van der Waals surface area contributed by atoms with Crippen molar-refractivity contribution in [1.29, 1.82) is 0 Å². The Kier molecular flexibility index (Phi) is 7.33. The number of fused-ring (bicyclic) bond motifs is 7. The molecular weight excluding hydrogens is 683 g/mol. The van der Waals surface area contributed by atoms with E-state index in [0.29, 0.717) is 0 Å². The maximum atomic E-state index is 13.7. The Balaban J connectivity index is 1.00. The summed E-state index contributed by atoms with van der Waals surface area (Å²) >= 11 is 0. The maximum Gasteiger partial charge on any atom is 0.194 e. The molecule has 1 aliphatic rings. The van der Waals surface area contributed by atoms with Crippen LogP contribution in [0.4, 0.5) is 17.1 Å². The minimum Gasteiger partial charge on any atom is -0.455 e. The molecule has 1 heterocycles. The van der Waals surface area contributed by atoms with Crippen LogP contribution < -0.4 is 4.90 Å². The van der Waals surface area contributed by atoms with Crippen LogP contribution in [0.2, 0.25) is 0 Å². The lowest BCUT2D eigenvalue weighted by Crippen LogP contribution is -2.10. The quantitative estimate of drug-likeness (QED) is 0.172. The smallest absolute Gasteiger partial charge is 0.194 e. The van der Waals surface area contributed by atoms with E-state index in [1.807, 2.05) is 36.4 Å². The molecule has 3 nitrogen and oxygen atoms in total. The third-order valence-electron chi connectivity index (χ3n) is 11.3. The lowest BCUT2D eigenvalue weighted by Gasteiger charge is -2.26. The van der Waals surface area contributed by atoms with Crippen molar-refractivity contribution >= 4 is 55.6 Å². The summed E-state index contributed by atoms with van der Waals surface area (Å²) in [6, 6.07) is 69.8. The van der Waals surface area contributed by atoms with Gasteiger partial charge in [0.25, 0.3) is 0 Å². The van der Waals surface area contributed by atoms with Gasteiger partial charge in [-0.05, 0) is 92.2 Å². The lowest BCUT2D eigenvalue weighted by atomic mass is 9.95. The monoisotopic (exact) mass is 715 g/mol. The molecule has 1 aromatic heterocycles. The molecule has 1 aliphatic carbocycles. The minimum absolute atomic E-state index is 0.0848. The van der Waals surface area contributed by atoms with Gasteiger partial charge in [-0.15, -0.1) is 0 Å². The molecule has 0 N–H and O–H groups in total. The maximum absolute atomic E-state index is 13.7. The van der Waals surface area contributed by atoms with E-state index < -0.39 is 0 Å². The third-order valence-corrected chi connectivity index (χ3v) is 11.3. The van der Waals surface area contributed by atoms with Crippen LogP contribution in [0.1, 0.15) is 15.9 Å². The molecule has 0 amide bonds. The molecule has 0 spiro atoms. The largest absolute Gasteiger partial charge is 0.455 e. The number of hydrogen-bond acceptors (Lipinski definition) is 3. The van der Waals surface area contributed by atoms with E-state index in [1.54, 1.807) is 0 Å². The van der Waals surface area contributed by atoms with E-state index in [1.165, 1.54) is 21.9 Å². The second-order valence-corrected chi connectivity index (χ2v) is 14.4. The molecule has 3 heteroatoms. The van der Waals surface area contributed by atoms with Crippen LogP contribution in [-0.4, -0.2) is 5.78 Å².